The molecular weight excluding hydrogens is 234 g/mol. The molecule has 0 aliphatic heterocycles. The lowest BCUT2D eigenvalue weighted by molar-refractivity contribution is 0.340. The summed E-state index contributed by atoms with van der Waals surface area (Å²) in [5, 5.41) is 6.88. The van der Waals surface area contributed by atoms with Crippen LogP contribution in [-0.4, -0.2) is 24.1 Å². The predicted octanol–water partition coefficient (Wildman–Crippen LogP) is 2.82. The summed E-state index contributed by atoms with van der Waals surface area (Å²) in [5.41, 5.74) is 2.31. The number of rotatable bonds is 6. The lowest BCUT2D eigenvalue weighted by Gasteiger charge is -2.29. The van der Waals surface area contributed by atoms with Crippen molar-refractivity contribution in [2.45, 2.75) is 44.6 Å². The van der Waals surface area contributed by atoms with Crippen LogP contribution in [0, 0.1) is 0 Å². The Morgan fingerprint density at radius 2 is 2.05 bits per heavy atom. The minimum Gasteiger partial charge on any atom is -0.388 e. The van der Waals surface area contributed by atoms with Gasteiger partial charge in [-0.2, -0.15) is 0 Å². The van der Waals surface area contributed by atoms with E-state index in [0.29, 0.717) is 12.0 Å². The molecule has 0 saturated heterocycles. The number of hydrogen-bond acceptors (Lipinski definition) is 3. The Balaban J connectivity index is 1.67. The van der Waals surface area contributed by atoms with E-state index in [1.165, 1.54) is 31.4 Å². The maximum atomic E-state index is 4.48. The summed E-state index contributed by atoms with van der Waals surface area (Å²) in [4.78, 5) is 4.48. The van der Waals surface area contributed by atoms with Gasteiger partial charge in [-0.1, -0.05) is 12.6 Å². The van der Waals surface area contributed by atoms with Crippen LogP contribution in [0.4, 0.5) is 0 Å². The Morgan fingerprint density at radius 1 is 1.26 bits per heavy atom. The van der Waals surface area contributed by atoms with Crippen molar-refractivity contribution < 1.29 is 0 Å². The molecule has 1 saturated carbocycles. The molecule has 1 fully saturated rings. The molecular formula is C16H25N3. The summed E-state index contributed by atoms with van der Waals surface area (Å²) in [7, 11) is 0. The van der Waals surface area contributed by atoms with Gasteiger partial charge >= 0.3 is 0 Å². The van der Waals surface area contributed by atoms with Crippen LogP contribution in [0.5, 0.6) is 0 Å². The van der Waals surface area contributed by atoms with Crippen molar-refractivity contribution >= 4 is 0 Å². The minimum atomic E-state index is 0.660. The highest BCUT2D eigenvalue weighted by Gasteiger charge is 2.22. The lowest BCUT2D eigenvalue weighted by Crippen LogP contribution is -2.37. The zero-order chi connectivity index (χ0) is 13.5. The van der Waals surface area contributed by atoms with Gasteiger partial charge in [0.2, 0.25) is 0 Å². The van der Waals surface area contributed by atoms with E-state index >= 15 is 0 Å². The zero-order valence-electron chi connectivity index (χ0n) is 11.9. The van der Waals surface area contributed by atoms with E-state index in [-0.39, 0.29) is 0 Å². The predicted molar refractivity (Wildman–Crippen MR) is 80.1 cm³/mol. The highest BCUT2D eigenvalue weighted by Crippen LogP contribution is 2.31. The first-order chi connectivity index (χ1) is 9.25. The number of aromatic nitrogens is 1. The molecule has 19 heavy (non-hydrogen) atoms. The molecule has 1 aliphatic rings. The van der Waals surface area contributed by atoms with Crippen molar-refractivity contribution in [3.8, 4) is 0 Å². The molecule has 0 radical (unpaired) electrons. The third-order valence-electron chi connectivity index (χ3n) is 3.82. The Morgan fingerprint density at radius 3 is 2.68 bits per heavy atom. The molecule has 1 heterocycles. The second kappa shape index (κ2) is 7.29. The maximum Gasteiger partial charge on any atom is 0.0434 e. The Labute approximate surface area is 116 Å². The highest BCUT2D eigenvalue weighted by molar-refractivity contribution is 5.10. The molecule has 104 valence electrons. The van der Waals surface area contributed by atoms with Gasteiger partial charge in [-0.3, -0.25) is 4.98 Å². The van der Waals surface area contributed by atoms with Gasteiger partial charge in [0, 0.05) is 42.6 Å². The fraction of sp³-hybridized carbons (Fsp3) is 0.562. The van der Waals surface area contributed by atoms with Gasteiger partial charge in [0.05, 0.1) is 0 Å². The summed E-state index contributed by atoms with van der Waals surface area (Å²) < 4.78 is 0. The number of hydrogen-bond donors (Lipinski definition) is 2. The minimum absolute atomic E-state index is 0.660. The molecule has 0 unspecified atom stereocenters. The number of pyridine rings is 1. The standard InChI is InChI=1S/C16H25N3/c1-13(2)17-11-12-18-15-8-6-14(7-9-15)16-5-3-4-10-19-16/h3-5,10,14-15,17-18H,1,6-9,11-12H2,2H3. The number of allylic oxidation sites excluding steroid dienone is 1. The third-order valence-corrected chi connectivity index (χ3v) is 3.82. The molecule has 0 bridgehead atoms. The van der Waals surface area contributed by atoms with Gasteiger partial charge in [0.1, 0.15) is 0 Å². The van der Waals surface area contributed by atoms with Crippen molar-refractivity contribution in [1.29, 1.82) is 0 Å². The summed E-state index contributed by atoms with van der Waals surface area (Å²) in [6, 6.07) is 6.92. The van der Waals surface area contributed by atoms with Crippen molar-refractivity contribution in [1.82, 2.24) is 15.6 Å². The second-order valence-corrected chi connectivity index (χ2v) is 5.46. The van der Waals surface area contributed by atoms with Gasteiger partial charge < -0.3 is 10.6 Å². The third kappa shape index (κ3) is 4.67. The van der Waals surface area contributed by atoms with Crippen LogP contribution >= 0.6 is 0 Å². The molecule has 0 atom stereocenters. The highest BCUT2D eigenvalue weighted by atomic mass is 15.0. The van der Waals surface area contributed by atoms with Crippen molar-refractivity contribution in [3.05, 3.63) is 42.4 Å². The summed E-state index contributed by atoms with van der Waals surface area (Å²) >= 11 is 0. The first-order valence-electron chi connectivity index (χ1n) is 7.29. The number of nitrogens with one attached hydrogen (secondary N) is 2. The fourth-order valence-corrected chi connectivity index (χ4v) is 2.76. The molecule has 1 aliphatic carbocycles. The van der Waals surface area contributed by atoms with E-state index in [0.717, 1.165) is 18.8 Å². The summed E-state index contributed by atoms with van der Waals surface area (Å²) in [6.07, 6.45) is 6.93. The van der Waals surface area contributed by atoms with E-state index in [9.17, 15) is 0 Å². The first-order valence-corrected chi connectivity index (χ1v) is 7.29. The Hall–Kier alpha value is -1.35. The van der Waals surface area contributed by atoms with Gasteiger partial charge in [0.15, 0.2) is 0 Å². The van der Waals surface area contributed by atoms with Gasteiger partial charge in [-0.25, -0.2) is 0 Å². The molecule has 0 amide bonds. The smallest absolute Gasteiger partial charge is 0.0434 e. The van der Waals surface area contributed by atoms with Crippen LogP contribution in [0.1, 0.15) is 44.2 Å². The molecule has 3 nitrogen and oxygen atoms in total. The monoisotopic (exact) mass is 259 g/mol. The molecule has 0 aromatic carbocycles. The zero-order valence-corrected chi connectivity index (χ0v) is 11.9. The fourth-order valence-electron chi connectivity index (χ4n) is 2.76. The summed E-state index contributed by atoms with van der Waals surface area (Å²) in [5.74, 6) is 0.660. The van der Waals surface area contributed by atoms with E-state index in [1.807, 2.05) is 19.2 Å². The number of nitrogens with zero attached hydrogens (tertiary/aromatic N) is 1. The van der Waals surface area contributed by atoms with Crippen LogP contribution < -0.4 is 10.6 Å². The Kier molecular flexibility index (Phi) is 5.40. The van der Waals surface area contributed by atoms with E-state index < -0.39 is 0 Å². The van der Waals surface area contributed by atoms with E-state index in [2.05, 4.69) is 34.3 Å². The van der Waals surface area contributed by atoms with Crippen molar-refractivity contribution in [2.75, 3.05) is 13.1 Å². The van der Waals surface area contributed by atoms with Gasteiger partial charge in [-0.15, -0.1) is 0 Å². The van der Waals surface area contributed by atoms with Crippen LogP contribution in [0.25, 0.3) is 0 Å². The van der Waals surface area contributed by atoms with Crippen LogP contribution in [0.3, 0.4) is 0 Å². The lowest BCUT2D eigenvalue weighted by atomic mass is 9.84. The van der Waals surface area contributed by atoms with Crippen molar-refractivity contribution in [2.24, 2.45) is 0 Å². The first kappa shape index (κ1) is 14.1. The van der Waals surface area contributed by atoms with Crippen LogP contribution in [0.15, 0.2) is 36.7 Å². The van der Waals surface area contributed by atoms with Gasteiger partial charge in [-0.05, 0) is 44.7 Å². The maximum absolute atomic E-state index is 4.48. The SMILES string of the molecule is C=C(C)NCCNC1CCC(c2ccccn2)CC1. The largest absolute Gasteiger partial charge is 0.388 e. The average molecular weight is 259 g/mol. The molecule has 1 aromatic rings. The Bertz CT molecular complexity index is 380. The van der Waals surface area contributed by atoms with Crippen LogP contribution in [-0.2, 0) is 0 Å². The average Bonchev–Trinajstić information content (AvgIpc) is 2.45. The normalized spacial score (nSPS) is 23.0. The summed E-state index contributed by atoms with van der Waals surface area (Å²) in [6.45, 7) is 7.82. The molecule has 2 N–H and O–H groups in total. The molecule has 0 spiro atoms. The van der Waals surface area contributed by atoms with Crippen molar-refractivity contribution in [3.63, 3.8) is 0 Å². The quantitative estimate of drug-likeness (QED) is 0.771. The van der Waals surface area contributed by atoms with E-state index in [1.54, 1.807) is 0 Å². The molecule has 2 rings (SSSR count). The molecule has 1 aromatic heterocycles. The van der Waals surface area contributed by atoms with E-state index in [4.69, 9.17) is 0 Å². The molecule has 3 heteroatoms. The topological polar surface area (TPSA) is 37.0 Å². The van der Waals surface area contributed by atoms with Gasteiger partial charge in [0.25, 0.3) is 0 Å². The second-order valence-electron chi connectivity index (χ2n) is 5.46. The van der Waals surface area contributed by atoms with Crippen LogP contribution in [0.2, 0.25) is 0 Å².